The summed E-state index contributed by atoms with van der Waals surface area (Å²) in [6.07, 6.45) is 18.0. The molecule has 4 aliphatic rings. The first-order valence-electron chi connectivity index (χ1n) is 15.9. The Bertz CT molecular complexity index is 1020. The van der Waals surface area contributed by atoms with Crippen molar-refractivity contribution < 1.29 is 4.74 Å². The van der Waals surface area contributed by atoms with Crippen LogP contribution in [0.5, 0.6) is 0 Å². The van der Waals surface area contributed by atoms with E-state index in [2.05, 4.69) is 40.7 Å². The summed E-state index contributed by atoms with van der Waals surface area (Å²) >= 11 is 0. The van der Waals surface area contributed by atoms with Gasteiger partial charge in [-0.3, -0.25) is 5.41 Å². The number of hydrogen-bond donors (Lipinski definition) is 2. The van der Waals surface area contributed by atoms with Crippen LogP contribution in [0.25, 0.3) is 0 Å². The fourth-order valence-electron chi connectivity index (χ4n) is 9.79. The molecule has 0 aromatic heterocycles. The Hall–Kier alpha value is -1.32. The van der Waals surface area contributed by atoms with Crippen LogP contribution in [0.1, 0.15) is 116 Å². The molecular formula is C35H55ClN2O. The molecule has 5 rings (SSSR count). The number of benzene rings is 1. The topological polar surface area (TPSA) is 59.1 Å². The predicted molar refractivity (Wildman–Crippen MR) is 166 cm³/mol. The van der Waals surface area contributed by atoms with Gasteiger partial charge in [0.15, 0.2) is 0 Å². The van der Waals surface area contributed by atoms with Crippen molar-refractivity contribution in [1.29, 1.82) is 5.41 Å². The van der Waals surface area contributed by atoms with Crippen LogP contribution < -0.4 is 5.73 Å². The maximum absolute atomic E-state index is 7.59. The second kappa shape index (κ2) is 12.3. The maximum Gasteiger partial charge on any atom is 0.122 e. The largest absolute Gasteiger partial charge is 0.384 e. The van der Waals surface area contributed by atoms with Gasteiger partial charge in [-0.2, -0.15) is 0 Å². The molecule has 39 heavy (non-hydrogen) atoms. The summed E-state index contributed by atoms with van der Waals surface area (Å²) in [6.45, 7) is 13.3. The lowest BCUT2D eigenvalue weighted by atomic mass is 9.47. The monoisotopic (exact) mass is 554 g/mol. The van der Waals surface area contributed by atoms with Crippen molar-refractivity contribution in [1.82, 2.24) is 0 Å². The van der Waals surface area contributed by atoms with Gasteiger partial charge in [0.1, 0.15) is 5.84 Å². The average molecular weight is 555 g/mol. The van der Waals surface area contributed by atoms with E-state index in [1.807, 2.05) is 24.3 Å². The molecule has 3 saturated carbocycles. The van der Waals surface area contributed by atoms with E-state index in [1.165, 1.54) is 69.8 Å². The Kier molecular flexibility index (Phi) is 9.64. The van der Waals surface area contributed by atoms with Crippen LogP contribution in [-0.2, 0) is 11.3 Å². The molecule has 0 amide bonds. The van der Waals surface area contributed by atoms with Crippen molar-refractivity contribution in [3.63, 3.8) is 0 Å². The molecule has 0 saturated heterocycles. The van der Waals surface area contributed by atoms with Crippen LogP contribution in [-0.4, -0.2) is 11.9 Å². The minimum absolute atomic E-state index is 0. The van der Waals surface area contributed by atoms with Gasteiger partial charge in [-0.25, -0.2) is 0 Å². The van der Waals surface area contributed by atoms with Gasteiger partial charge in [-0.1, -0.05) is 89.8 Å². The molecule has 4 heteroatoms. The van der Waals surface area contributed by atoms with E-state index in [0.717, 1.165) is 47.5 Å². The van der Waals surface area contributed by atoms with Crippen molar-refractivity contribution in [2.45, 2.75) is 118 Å². The Morgan fingerprint density at radius 1 is 1.00 bits per heavy atom. The number of nitrogen functional groups attached to an aromatic ring is 1. The zero-order valence-electron chi connectivity index (χ0n) is 25.3. The molecule has 3 N–H and O–H groups in total. The van der Waals surface area contributed by atoms with Crippen LogP contribution >= 0.6 is 12.4 Å². The highest BCUT2D eigenvalue weighted by molar-refractivity contribution is 5.94. The van der Waals surface area contributed by atoms with Gasteiger partial charge in [-0.05, 0) is 103 Å². The maximum atomic E-state index is 7.59. The van der Waals surface area contributed by atoms with Gasteiger partial charge in [-0.15, -0.1) is 12.4 Å². The first-order valence-corrected chi connectivity index (χ1v) is 15.9. The van der Waals surface area contributed by atoms with Crippen LogP contribution in [0.3, 0.4) is 0 Å². The highest BCUT2D eigenvalue weighted by atomic mass is 35.5. The van der Waals surface area contributed by atoms with Gasteiger partial charge in [0.25, 0.3) is 0 Å². The smallest absolute Gasteiger partial charge is 0.122 e. The lowest BCUT2D eigenvalue weighted by Crippen LogP contribution is -2.51. The predicted octanol–water partition coefficient (Wildman–Crippen LogP) is 9.32. The first-order chi connectivity index (χ1) is 18.1. The third kappa shape index (κ3) is 6.01. The van der Waals surface area contributed by atoms with Crippen LogP contribution in [0.4, 0.5) is 0 Å². The summed E-state index contributed by atoms with van der Waals surface area (Å²) in [6, 6.07) is 7.96. The quantitative estimate of drug-likeness (QED) is 0.181. The van der Waals surface area contributed by atoms with E-state index in [-0.39, 0.29) is 18.2 Å². The van der Waals surface area contributed by atoms with Crippen LogP contribution in [0.2, 0.25) is 0 Å². The normalized spacial score (nSPS) is 36.3. The molecule has 0 radical (unpaired) electrons. The standard InChI is InChI=1S/C35H54N2O.ClH/c1-23(2)7-6-8-24(3)30-15-16-31-29-14-13-27-21-28(38-22-25-9-11-26(12-10-25)33(36)37)17-19-34(27,4)32(29)18-20-35(30,31)5;/h9-13,23-24,28-32H,6-8,14-22H2,1-5H3,(H3,36,37);1H/t24?,28-,29-,30+,31-,32-,34-,35+;/m0./s1. The van der Waals surface area contributed by atoms with Crippen molar-refractivity contribution in [3.05, 3.63) is 47.0 Å². The van der Waals surface area contributed by atoms with Gasteiger partial charge in [0.05, 0.1) is 12.7 Å². The summed E-state index contributed by atoms with van der Waals surface area (Å²) in [4.78, 5) is 0. The minimum atomic E-state index is 0. The number of ether oxygens (including phenoxy) is 1. The number of amidine groups is 1. The molecule has 218 valence electrons. The van der Waals surface area contributed by atoms with E-state index >= 15 is 0 Å². The molecule has 8 atom stereocenters. The third-order valence-electron chi connectivity index (χ3n) is 12.0. The summed E-state index contributed by atoms with van der Waals surface area (Å²) < 4.78 is 6.45. The molecule has 1 aromatic carbocycles. The Morgan fingerprint density at radius 3 is 2.44 bits per heavy atom. The van der Waals surface area contributed by atoms with E-state index in [0.29, 0.717) is 23.5 Å². The number of rotatable bonds is 9. The number of nitrogens with two attached hydrogens (primary N) is 1. The minimum Gasteiger partial charge on any atom is -0.384 e. The molecule has 1 unspecified atom stereocenters. The lowest BCUT2D eigenvalue weighted by molar-refractivity contribution is -0.0656. The molecule has 3 fully saturated rings. The summed E-state index contributed by atoms with van der Waals surface area (Å²) in [5.74, 6) is 5.49. The van der Waals surface area contributed by atoms with Crippen LogP contribution in [0, 0.1) is 51.7 Å². The summed E-state index contributed by atoms with van der Waals surface area (Å²) in [5, 5.41) is 7.59. The molecule has 0 bridgehead atoms. The Morgan fingerprint density at radius 2 is 1.74 bits per heavy atom. The Balaban J connectivity index is 0.00000353. The van der Waals surface area contributed by atoms with Crippen molar-refractivity contribution in [2.75, 3.05) is 0 Å². The second-order valence-corrected chi connectivity index (χ2v) is 14.6. The fourth-order valence-corrected chi connectivity index (χ4v) is 9.79. The molecule has 3 nitrogen and oxygen atoms in total. The van der Waals surface area contributed by atoms with Gasteiger partial charge >= 0.3 is 0 Å². The van der Waals surface area contributed by atoms with Crippen molar-refractivity contribution in [3.8, 4) is 0 Å². The van der Waals surface area contributed by atoms with Crippen molar-refractivity contribution in [2.24, 2.45) is 52.1 Å². The number of fused-ring (bicyclic) bond motifs is 5. The summed E-state index contributed by atoms with van der Waals surface area (Å²) in [5.41, 5.74) is 10.2. The van der Waals surface area contributed by atoms with Gasteiger partial charge in [0, 0.05) is 5.56 Å². The molecular weight excluding hydrogens is 500 g/mol. The number of hydrogen-bond acceptors (Lipinski definition) is 2. The number of allylic oxidation sites excluding steroid dienone is 1. The van der Waals surface area contributed by atoms with Crippen LogP contribution in [0.15, 0.2) is 35.9 Å². The first kappa shape index (κ1) is 30.6. The van der Waals surface area contributed by atoms with Gasteiger partial charge in [0.2, 0.25) is 0 Å². The molecule has 0 aliphatic heterocycles. The second-order valence-electron chi connectivity index (χ2n) is 14.6. The highest BCUT2D eigenvalue weighted by Crippen LogP contribution is 2.67. The van der Waals surface area contributed by atoms with E-state index < -0.39 is 0 Å². The molecule has 1 aromatic rings. The van der Waals surface area contributed by atoms with Crippen molar-refractivity contribution >= 4 is 18.2 Å². The highest BCUT2D eigenvalue weighted by Gasteiger charge is 2.59. The summed E-state index contributed by atoms with van der Waals surface area (Å²) in [7, 11) is 0. The molecule has 4 aliphatic carbocycles. The molecule has 0 heterocycles. The van der Waals surface area contributed by atoms with E-state index in [4.69, 9.17) is 15.9 Å². The zero-order chi connectivity index (χ0) is 27.1. The average Bonchev–Trinajstić information content (AvgIpc) is 3.24. The third-order valence-corrected chi connectivity index (χ3v) is 12.0. The van der Waals surface area contributed by atoms with E-state index in [9.17, 15) is 0 Å². The lowest BCUT2D eigenvalue weighted by Gasteiger charge is -2.58. The van der Waals surface area contributed by atoms with E-state index in [1.54, 1.807) is 5.57 Å². The molecule has 0 spiro atoms. The number of halogens is 1. The SMILES string of the molecule is CC(C)CCCC(C)[C@H]1CC[C@H]2[C@@H]3CC=C4C[C@@H](OCc5ccc(C(=N)N)cc5)CC[C@]4(C)[C@H]3CC[C@]12C.Cl. The van der Waals surface area contributed by atoms with Gasteiger partial charge < -0.3 is 10.5 Å². The zero-order valence-corrected chi connectivity index (χ0v) is 26.1. The Labute approximate surface area is 245 Å². The number of nitrogens with one attached hydrogen (secondary N) is 1. The fraction of sp³-hybridized carbons (Fsp3) is 0.743.